The van der Waals surface area contributed by atoms with Crippen molar-refractivity contribution in [2.45, 2.75) is 76.6 Å². The Labute approximate surface area is 202 Å². The lowest BCUT2D eigenvalue weighted by Gasteiger charge is -2.50. The van der Waals surface area contributed by atoms with Gasteiger partial charge in [0.15, 0.2) is 8.32 Å². The molecular formula is C23H36N2O4S2Si. The van der Waals surface area contributed by atoms with E-state index in [4.69, 9.17) is 21.4 Å². The lowest BCUT2D eigenvalue weighted by molar-refractivity contribution is -0.163. The van der Waals surface area contributed by atoms with Crippen LogP contribution < -0.4 is 5.32 Å². The third-order valence-corrected chi connectivity index (χ3v) is 13.5. The minimum absolute atomic E-state index is 0.0358. The maximum atomic E-state index is 13.3. The van der Waals surface area contributed by atoms with Crippen molar-refractivity contribution in [3.63, 3.8) is 0 Å². The topological polar surface area (TPSA) is 67.9 Å². The first-order valence-electron chi connectivity index (χ1n) is 11.3. The van der Waals surface area contributed by atoms with Crippen LogP contribution in [0.1, 0.15) is 41.0 Å². The summed E-state index contributed by atoms with van der Waals surface area (Å²) >= 11 is 6.95. The van der Waals surface area contributed by atoms with Gasteiger partial charge in [-0.2, -0.15) is 0 Å². The molecule has 3 heterocycles. The number of amides is 1. The van der Waals surface area contributed by atoms with Crippen molar-refractivity contribution in [2.24, 2.45) is 11.8 Å². The Balaban J connectivity index is 1.85. The number of carbonyl (C=O) groups is 2. The van der Waals surface area contributed by atoms with Gasteiger partial charge in [-0.05, 0) is 25.1 Å². The zero-order chi connectivity index (χ0) is 24.0. The molecule has 2 fully saturated rings. The lowest BCUT2D eigenvalue weighted by atomic mass is 9.79. The summed E-state index contributed by atoms with van der Waals surface area (Å²) in [6.07, 6.45) is 2.11. The highest BCUT2D eigenvalue weighted by Gasteiger charge is 2.61. The molecule has 0 aliphatic carbocycles. The average molecular weight is 497 g/mol. The molecule has 3 aliphatic heterocycles. The molecule has 1 amide bonds. The predicted molar refractivity (Wildman–Crippen MR) is 136 cm³/mol. The average Bonchev–Trinajstić information content (AvgIpc) is 3.18. The summed E-state index contributed by atoms with van der Waals surface area (Å²) < 4.78 is 12.0. The molecule has 0 bridgehead atoms. The number of thiocarbonyl (C=S) groups is 1. The van der Waals surface area contributed by atoms with Crippen molar-refractivity contribution in [1.29, 1.82) is 0 Å². The van der Waals surface area contributed by atoms with Gasteiger partial charge in [-0.25, -0.2) is 4.79 Å². The van der Waals surface area contributed by atoms with Gasteiger partial charge < -0.3 is 19.4 Å². The van der Waals surface area contributed by atoms with Crippen LogP contribution in [0, 0.1) is 11.8 Å². The van der Waals surface area contributed by atoms with Crippen LogP contribution in [-0.4, -0.2) is 60.6 Å². The first kappa shape index (κ1) is 25.5. The van der Waals surface area contributed by atoms with Gasteiger partial charge >= 0.3 is 5.97 Å². The fourth-order valence-corrected chi connectivity index (χ4v) is 7.66. The van der Waals surface area contributed by atoms with Gasteiger partial charge in [0.2, 0.25) is 5.91 Å². The van der Waals surface area contributed by atoms with Crippen LogP contribution in [-0.2, 0) is 18.8 Å². The predicted octanol–water partition coefficient (Wildman–Crippen LogP) is 4.24. The zero-order valence-electron chi connectivity index (χ0n) is 20.2. The normalized spacial score (nSPS) is 28.9. The first-order chi connectivity index (χ1) is 14.8. The van der Waals surface area contributed by atoms with Gasteiger partial charge in [0.05, 0.1) is 23.1 Å². The van der Waals surface area contributed by atoms with E-state index in [2.05, 4.69) is 52.7 Å². The molecule has 9 heteroatoms. The molecular weight excluding hydrogens is 460 g/mol. The van der Waals surface area contributed by atoms with Crippen LogP contribution in [0.25, 0.3) is 0 Å². The van der Waals surface area contributed by atoms with Crippen LogP contribution in [0.2, 0.25) is 18.1 Å². The Kier molecular flexibility index (Phi) is 7.35. The maximum Gasteiger partial charge on any atom is 0.356 e. The molecule has 32 heavy (non-hydrogen) atoms. The Morgan fingerprint density at radius 3 is 2.62 bits per heavy atom. The number of β-lactam (4-membered cyclic amide) rings is 1. The minimum atomic E-state index is -2.03. The van der Waals surface area contributed by atoms with Gasteiger partial charge in [-0.15, -0.1) is 11.8 Å². The lowest BCUT2D eigenvalue weighted by Crippen LogP contribution is -2.65. The molecule has 3 aliphatic rings. The number of hydrogen-bond acceptors (Lipinski definition) is 6. The van der Waals surface area contributed by atoms with Gasteiger partial charge in [0.25, 0.3) is 0 Å². The number of nitrogens with zero attached hydrogens (tertiary/aromatic N) is 1. The molecule has 178 valence electrons. The number of hydrogen-bond donors (Lipinski definition) is 1. The van der Waals surface area contributed by atoms with E-state index >= 15 is 0 Å². The highest BCUT2D eigenvalue weighted by Crippen LogP contribution is 2.53. The van der Waals surface area contributed by atoms with Gasteiger partial charge in [-0.1, -0.05) is 52.6 Å². The van der Waals surface area contributed by atoms with E-state index < -0.39 is 14.3 Å². The number of ether oxygens (including phenoxy) is 1. The number of carbonyl (C=O) groups excluding carboxylic acids is 2. The molecule has 0 aromatic carbocycles. The van der Waals surface area contributed by atoms with Crippen LogP contribution in [0.5, 0.6) is 0 Å². The van der Waals surface area contributed by atoms with Crippen molar-refractivity contribution in [3.8, 4) is 0 Å². The smallest absolute Gasteiger partial charge is 0.356 e. The standard InChI is InChI=1S/C23H36N2O4S2Si/c1-9-10-28-22(27)19-20(31-15-11-16(30)24-12-15)13(2)18-17(21(26)25(18)19)14(3)29-32(7,8)23(4,5)6/h9,13-15,17-18H,1,10-12H2,2-8H3,(H,24,30)/t13-,14-,15-,17-,18-/m1/s1. The van der Waals surface area contributed by atoms with E-state index in [0.717, 1.165) is 22.9 Å². The summed E-state index contributed by atoms with van der Waals surface area (Å²) in [7, 11) is -2.03. The summed E-state index contributed by atoms with van der Waals surface area (Å²) in [5.41, 5.74) is 0.396. The molecule has 0 radical (unpaired) electrons. The van der Waals surface area contributed by atoms with Crippen LogP contribution in [0.15, 0.2) is 23.3 Å². The summed E-state index contributed by atoms with van der Waals surface area (Å²) in [6, 6.07) is -0.0858. The second kappa shape index (κ2) is 9.23. The second-order valence-electron chi connectivity index (χ2n) is 10.4. The fraction of sp³-hybridized carbons (Fsp3) is 0.696. The zero-order valence-corrected chi connectivity index (χ0v) is 22.8. The molecule has 0 spiro atoms. The number of thioether (sulfide) groups is 1. The first-order valence-corrected chi connectivity index (χ1v) is 15.5. The molecule has 1 N–H and O–H groups in total. The molecule has 0 saturated carbocycles. The Hall–Kier alpha value is -1.16. The molecule has 0 aromatic heterocycles. The summed E-state index contributed by atoms with van der Waals surface area (Å²) in [4.78, 5) is 29.8. The molecule has 3 rings (SSSR count). The molecule has 0 aromatic rings. The van der Waals surface area contributed by atoms with Crippen molar-refractivity contribution in [3.05, 3.63) is 23.3 Å². The monoisotopic (exact) mass is 496 g/mol. The van der Waals surface area contributed by atoms with Crippen molar-refractivity contribution >= 4 is 49.2 Å². The highest BCUT2D eigenvalue weighted by atomic mass is 32.2. The van der Waals surface area contributed by atoms with E-state index in [1.165, 1.54) is 6.08 Å². The van der Waals surface area contributed by atoms with E-state index in [1.54, 1.807) is 16.7 Å². The number of esters is 1. The molecule has 2 saturated heterocycles. The Bertz CT molecular complexity index is 851. The summed E-state index contributed by atoms with van der Waals surface area (Å²) in [5.74, 6) is -0.731. The van der Waals surface area contributed by atoms with Crippen LogP contribution in [0.4, 0.5) is 0 Å². The largest absolute Gasteiger partial charge is 0.457 e. The fourth-order valence-electron chi connectivity index (χ4n) is 4.42. The van der Waals surface area contributed by atoms with Gasteiger partial charge in [0, 0.05) is 29.0 Å². The van der Waals surface area contributed by atoms with Crippen LogP contribution >= 0.6 is 24.0 Å². The van der Waals surface area contributed by atoms with Crippen molar-refractivity contribution in [1.82, 2.24) is 10.2 Å². The highest BCUT2D eigenvalue weighted by molar-refractivity contribution is 8.03. The van der Waals surface area contributed by atoms with Gasteiger partial charge in [0.1, 0.15) is 12.3 Å². The van der Waals surface area contributed by atoms with E-state index in [9.17, 15) is 9.59 Å². The SMILES string of the molecule is C=CCOC(=O)C1=C(S[C@H]2CNC(=S)C2)[C@H](C)[C@@H]2[C@@H]([C@@H](C)O[Si](C)(C)C(C)(C)C)C(=O)N12. The van der Waals surface area contributed by atoms with Gasteiger partial charge in [-0.3, -0.25) is 4.79 Å². The van der Waals surface area contributed by atoms with Crippen LogP contribution in [0.3, 0.4) is 0 Å². The minimum Gasteiger partial charge on any atom is -0.457 e. The van der Waals surface area contributed by atoms with Crippen molar-refractivity contribution < 1.29 is 18.8 Å². The Morgan fingerprint density at radius 2 is 2.09 bits per heavy atom. The Morgan fingerprint density at radius 1 is 1.44 bits per heavy atom. The third-order valence-electron chi connectivity index (χ3n) is 7.14. The molecule has 6 nitrogen and oxygen atoms in total. The quantitative estimate of drug-likeness (QED) is 0.177. The molecule has 5 atom stereocenters. The maximum absolute atomic E-state index is 13.3. The van der Waals surface area contributed by atoms with E-state index in [1.807, 2.05) is 6.92 Å². The molecule has 0 unspecified atom stereocenters. The third kappa shape index (κ3) is 4.58. The van der Waals surface area contributed by atoms with E-state index in [0.29, 0.717) is 5.70 Å². The second-order valence-corrected chi connectivity index (χ2v) is 17.0. The number of nitrogens with one attached hydrogen (secondary N) is 1. The summed E-state index contributed by atoms with van der Waals surface area (Å²) in [6.45, 7) is 19.6. The number of fused-ring (bicyclic) bond motifs is 1. The number of rotatable bonds is 8. The van der Waals surface area contributed by atoms with Crippen molar-refractivity contribution in [2.75, 3.05) is 13.2 Å². The van der Waals surface area contributed by atoms with E-state index in [-0.39, 0.29) is 46.8 Å². The summed E-state index contributed by atoms with van der Waals surface area (Å²) in [5, 5.41) is 3.52.